The summed E-state index contributed by atoms with van der Waals surface area (Å²) in [4.78, 5) is 0. The minimum atomic E-state index is -0.376. The highest BCUT2D eigenvalue weighted by molar-refractivity contribution is 6.31. The van der Waals surface area contributed by atoms with Gasteiger partial charge in [0.1, 0.15) is 5.82 Å². The Morgan fingerprint density at radius 2 is 1.95 bits per heavy atom. The fourth-order valence-corrected chi connectivity index (χ4v) is 2.44. The van der Waals surface area contributed by atoms with Crippen molar-refractivity contribution in [1.82, 2.24) is 0 Å². The van der Waals surface area contributed by atoms with E-state index in [2.05, 4.69) is 12.1 Å². The van der Waals surface area contributed by atoms with Gasteiger partial charge in [0, 0.05) is 5.92 Å². The fourth-order valence-electron chi connectivity index (χ4n) is 2.23. The van der Waals surface area contributed by atoms with E-state index in [0.717, 1.165) is 5.56 Å². The van der Waals surface area contributed by atoms with E-state index >= 15 is 0 Å². The van der Waals surface area contributed by atoms with E-state index in [4.69, 9.17) is 17.3 Å². The zero-order valence-electron chi connectivity index (χ0n) is 10.9. The Morgan fingerprint density at radius 1 is 1.21 bits per heavy atom. The zero-order chi connectivity index (χ0) is 13.8. The van der Waals surface area contributed by atoms with Crippen LogP contribution in [0.25, 0.3) is 0 Å². The van der Waals surface area contributed by atoms with Crippen LogP contribution < -0.4 is 5.73 Å². The molecule has 2 aromatic carbocycles. The lowest BCUT2D eigenvalue weighted by Crippen LogP contribution is -2.15. The smallest absolute Gasteiger partial charge is 0.142 e. The first-order valence-electron chi connectivity index (χ1n) is 6.31. The lowest BCUT2D eigenvalue weighted by atomic mass is 9.91. The van der Waals surface area contributed by atoms with Crippen LogP contribution in [0.1, 0.15) is 22.6 Å². The monoisotopic (exact) mass is 277 g/mol. The van der Waals surface area contributed by atoms with Gasteiger partial charge in [-0.05, 0) is 37.1 Å². The molecule has 0 aliphatic heterocycles. The highest BCUT2D eigenvalue weighted by Gasteiger charge is 2.14. The normalized spacial score (nSPS) is 12.4. The number of hydrogen-bond donors (Lipinski definition) is 1. The summed E-state index contributed by atoms with van der Waals surface area (Å²) < 4.78 is 13.4. The van der Waals surface area contributed by atoms with Gasteiger partial charge in [-0.2, -0.15) is 0 Å². The molecule has 0 aliphatic carbocycles. The molecule has 1 nitrogen and oxygen atoms in total. The molecule has 0 radical (unpaired) electrons. The van der Waals surface area contributed by atoms with E-state index in [-0.39, 0.29) is 16.8 Å². The number of rotatable bonds is 4. The van der Waals surface area contributed by atoms with Gasteiger partial charge in [-0.1, -0.05) is 53.6 Å². The van der Waals surface area contributed by atoms with Crippen LogP contribution in [0.5, 0.6) is 0 Å². The summed E-state index contributed by atoms with van der Waals surface area (Å²) in [7, 11) is 0. The molecule has 2 rings (SSSR count). The molecule has 19 heavy (non-hydrogen) atoms. The van der Waals surface area contributed by atoms with Crippen molar-refractivity contribution < 1.29 is 4.39 Å². The predicted molar refractivity (Wildman–Crippen MR) is 78.1 cm³/mol. The van der Waals surface area contributed by atoms with Crippen molar-refractivity contribution in [3.63, 3.8) is 0 Å². The summed E-state index contributed by atoms with van der Waals surface area (Å²) in [6, 6.07) is 13.1. The highest BCUT2D eigenvalue weighted by atomic mass is 35.5. The van der Waals surface area contributed by atoms with E-state index in [0.29, 0.717) is 13.0 Å². The first-order chi connectivity index (χ1) is 9.11. The van der Waals surface area contributed by atoms with Crippen LogP contribution in [0.2, 0.25) is 5.02 Å². The molecule has 0 heterocycles. The van der Waals surface area contributed by atoms with Gasteiger partial charge in [-0.15, -0.1) is 0 Å². The third-order valence-corrected chi connectivity index (χ3v) is 3.72. The van der Waals surface area contributed by atoms with E-state index in [9.17, 15) is 4.39 Å². The largest absolute Gasteiger partial charge is 0.330 e. The average molecular weight is 278 g/mol. The maximum Gasteiger partial charge on any atom is 0.142 e. The molecule has 0 amide bonds. The van der Waals surface area contributed by atoms with Gasteiger partial charge in [0.25, 0.3) is 0 Å². The highest BCUT2D eigenvalue weighted by Crippen LogP contribution is 2.26. The summed E-state index contributed by atoms with van der Waals surface area (Å²) in [5.74, 6) is -0.224. The van der Waals surface area contributed by atoms with Crippen LogP contribution in [0.3, 0.4) is 0 Å². The van der Waals surface area contributed by atoms with Crippen molar-refractivity contribution in [1.29, 1.82) is 0 Å². The summed E-state index contributed by atoms with van der Waals surface area (Å²) in [6.07, 6.45) is 0.649. The van der Waals surface area contributed by atoms with Gasteiger partial charge >= 0.3 is 0 Å². The minimum absolute atomic E-state index is 0.152. The van der Waals surface area contributed by atoms with Crippen LogP contribution in [-0.4, -0.2) is 6.54 Å². The molecule has 1 atom stereocenters. The predicted octanol–water partition coefficient (Wildman–Crippen LogP) is 4.07. The second-order valence-corrected chi connectivity index (χ2v) is 5.14. The third-order valence-electron chi connectivity index (χ3n) is 3.30. The Bertz CT molecular complexity index is 568. The number of hydrogen-bond acceptors (Lipinski definition) is 1. The van der Waals surface area contributed by atoms with Gasteiger partial charge in [0.15, 0.2) is 0 Å². The molecule has 0 bridgehead atoms. The quantitative estimate of drug-likeness (QED) is 0.896. The zero-order valence-corrected chi connectivity index (χ0v) is 11.6. The van der Waals surface area contributed by atoms with Gasteiger partial charge < -0.3 is 5.73 Å². The van der Waals surface area contributed by atoms with Crippen molar-refractivity contribution in [2.24, 2.45) is 5.73 Å². The van der Waals surface area contributed by atoms with Crippen molar-refractivity contribution in [2.75, 3.05) is 6.54 Å². The Hall–Kier alpha value is -1.38. The van der Waals surface area contributed by atoms with Crippen molar-refractivity contribution >= 4 is 11.6 Å². The van der Waals surface area contributed by atoms with Crippen LogP contribution in [-0.2, 0) is 6.42 Å². The second-order valence-electron chi connectivity index (χ2n) is 4.76. The molecule has 0 aromatic heterocycles. The molecule has 1 unspecified atom stereocenters. The fraction of sp³-hybridized carbons (Fsp3) is 0.250. The molecular weight excluding hydrogens is 261 g/mol. The summed E-state index contributed by atoms with van der Waals surface area (Å²) >= 11 is 6.00. The molecule has 3 heteroatoms. The molecule has 0 aliphatic rings. The minimum Gasteiger partial charge on any atom is -0.330 e. The topological polar surface area (TPSA) is 26.0 Å². The van der Waals surface area contributed by atoms with Crippen LogP contribution in [0.4, 0.5) is 4.39 Å². The summed E-state index contributed by atoms with van der Waals surface area (Å²) in [5, 5.41) is 0.202. The average Bonchev–Trinajstić information content (AvgIpc) is 2.40. The Labute approximate surface area is 118 Å². The van der Waals surface area contributed by atoms with E-state index in [1.165, 1.54) is 17.2 Å². The number of halogens is 2. The lowest BCUT2D eigenvalue weighted by Gasteiger charge is -2.17. The molecule has 100 valence electrons. The SMILES string of the molecule is Cc1cccc(C(CN)Cc2cccc(F)c2Cl)c1. The maximum absolute atomic E-state index is 13.4. The van der Waals surface area contributed by atoms with Crippen LogP contribution in [0, 0.1) is 12.7 Å². The van der Waals surface area contributed by atoms with Crippen molar-refractivity contribution in [2.45, 2.75) is 19.3 Å². The third kappa shape index (κ3) is 3.34. The van der Waals surface area contributed by atoms with Gasteiger partial charge in [-0.3, -0.25) is 0 Å². The molecule has 2 N–H and O–H groups in total. The van der Waals surface area contributed by atoms with Crippen LogP contribution in [0.15, 0.2) is 42.5 Å². The summed E-state index contributed by atoms with van der Waals surface area (Å²) in [5.41, 5.74) is 9.02. The Balaban J connectivity index is 2.26. The van der Waals surface area contributed by atoms with Crippen molar-refractivity contribution in [3.05, 3.63) is 70.0 Å². The molecule has 0 saturated carbocycles. The van der Waals surface area contributed by atoms with E-state index in [1.807, 2.05) is 25.1 Å². The Kier molecular flexibility index (Phi) is 4.56. The second kappa shape index (κ2) is 6.18. The molecule has 0 saturated heterocycles. The lowest BCUT2D eigenvalue weighted by molar-refractivity contribution is 0.621. The van der Waals surface area contributed by atoms with E-state index < -0.39 is 0 Å². The maximum atomic E-state index is 13.4. The van der Waals surface area contributed by atoms with E-state index in [1.54, 1.807) is 6.07 Å². The molecule has 0 spiro atoms. The summed E-state index contributed by atoms with van der Waals surface area (Å²) in [6.45, 7) is 2.56. The number of benzene rings is 2. The van der Waals surface area contributed by atoms with Crippen molar-refractivity contribution in [3.8, 4) is 0 Å². The first kappa shape index (κ1) is 14.0. The van der Waals surface area contributed by atoms with Gasteiger partial charge in [0.2, 0.25) is 0 Å². The number of nitrogens with two attached hydrogens (primary N) is 1. The Morgan fingerprint density at radius 3 is 2.63 bits per heavy atom. The molecule has 0 fully saturated rings. The van der Waals surface area contributed by atoms with Gasteiger partial charge in [0.05, 0.1) is 5.02 Å². The standard InChI is InChI=1S/C16H17ClFN/c1-11-4-2-5-12(8-11)14(10-19)9-13-6-3-7-15(18)16(13)17/h2-8,14H,9-10,19H2,1H3. The molecular formula is C16H17ClFN. The first-order valence-corrected chi connectivity index (χ1v) is 6.69. The van der Waals surface area contributed by atoms with Crippen LogP contribution >= 0.6 is 11.6 Å². The van der Waals surface area contributed by atoms with Gasteiger partial charge in [-0.25, -0.2) is 4.39 Å². The molecule has 2 aromatic rings. The number of aryl methyl sites for hydroxylation is 1.